The summed E-state index contributed by atoms with van der Waals surface area (Å²) < 4.78 is 18.7. The molecule has 0 fully saturated rings. The van der Waals surface area contributed by atoms with Gasteiger partial charge in [-0.05, 0) is 30.3 Å². The molecule has 86 valence electrons. The van der Waals surface area contributed by atoms with E-state index >= 15 is 0 Å². The van der Waals surface area contributed by atoms with Crippen molar-refractivity contribution in [2.24, 2.45) is 5.73 Å². The van der Waals surface area contributed by atoms with Crippen LogP contribution in [-0.2, 0) is 6.54 Å². The minimum atomic E-state index is -0.252. The number of rotatable bonds is 2. The Kier molecular flexibility index (Phi) is 2.46. The van der Waals surface area contributed by atoms with Crippen LogP contribution in [-0.4, -0.2) is 0 Å². The Hall–Kier alpha value is -1.65. The number of fused-ring (bicyclic) bond motifs is 1. The molecule has 0 amide bonds. The van der Waals surface area contributed by atoms with Gasteiger partial charge in [-0.1, -0.05) is 0 Å². The molecule has 2 heterocycles. The van der Waals surface area contributed by atoms with Crippen LogP contribution in [0.25, 0.3) is 22.3 Å². The number of nitrogens with two attached hydrogens (primary N) is 1. The maximum atomic E-state index is 13.1. The van der Waals surface area contributed by atoms with Crippen molar-refractivity contribution < 1.29 is 8.81 Å². The summed E-state index contributed by atoms with van der Waals surface area (Å²) in [5, 5.41) is 2.77. The van der Waals surface area contributed by atoms with Crippen molar-refractivity contribution in [1.82, 2.24) is 0 Å². The number of thiophene rings is 1. The van der Waals surface area contributed by atoms with Crippen molar-refractivity contribution in [2.75, 3.05) is 0 Å². The molecule has 0 unspecified atom stereocenters. The lowest BCUT2D eigenvalue weighted by Gasteiger charge is -1.88. The molecule has 2 N–H and O–H groups in total. The zero-order chi connectivity index (χ0) is 11.8. The Bertz CT molecular complexity index is 671. The fourth-order valence-corrected chi connectivity index (χ4v) is 2.53. The predicted molar refractivity (Wildman–Crippen MR) is 67.4 cm³/mol. The van der Waals surface area contributed by atoms with Crippen LogP contribution < -0.4 is 5.73 Å². The second-order valence-corrected chi connectivity index (χ2v) is 4.79. The highest BCUT2D eigenvalue weighted by atomic mass is 32.1. The van der Waals surface area contributed by atoms with Crippen molar-refractivity contribution in [1.29, 1.82) is 0 Å². The molecule has 0 saturated heterocycles. The van der Waals surface area contributed by atoms with E-state index in [0.29, 0.717) is 12.1 Å². The van der Waals surface area contributed by atoms with Crippen LogP contribution in [0.3, 0.4) is 0 Å². The highest BCUT2D eigenvalue weighted by molar-refractivity contribution is 7.10. The maximum absolute atomic E-state index is 13.1. The van der Waals surface area contributed by atoms with E-state index in [2.05, 4.69) is 0 Å². The van der Waals surface area contributed by atoms with E-state index < -0.39 is 0 Å². The van der Waals surface area contributed by atoms with E-state index in [1.807, 2.05) is 17.5 Å². The topological polar surface area (TPSA) is 39.2 Å². The van der Waals surface area contributed by atoms with Crippen LogP contribution in [0.15, 0.2) is 40.1 Å². The first-order valence-corrected chi connectivity index (χ1v) is 6.11. The van der Waals surface area contributed by atoms with Crippen LogP contribution in [0, 0.1) is 5.82 Å². The Labute approximate surface area is 101 Å². The maximum Gasteiger partial charge on any atom is 0.136 e. The van der Waals surface area contributed by atoms with Gasteiger partial charge in [-0.25, -0.2) is 4.39 Å². The molecule has 0 spiro atoms. The summed E-state index contributed by atoms with van der Waals surface area (Å²) in [6.07, 6.45) is 0. The number of benzene rings is 1. The van der Waals surface area contributed by atoms with E-state index in [0.717, 1.165) is 21.6 Å². The zero-order valence-corrected chi connectivity index (χ0v) is 9.76. The molecule has 0 aliphatic rings. The summed E-state index contributed by atoms with van der Waals surface area (Å²) >= 11 is 1.60. The van der Waals surface area contributed by atoms with Gasteiger partial charge in [-0.3, -0.25) is 0 Å². The van der Waals surface area contributed by atoms with E-state index in [9.17, 15) is 4.39 Å². The monoisotopic (exact) mass is 247 g/mol. The third kappa shape index (κ3) is 1.85. The van der Waals surface area contributed by atoms with E-state index in [1.165, 1.54) is 12.1 Å². The molecule has 2 aromatic heterocycles. The van der Waals surface area contributed by atoms with Crippen LogP contribution in [0.1, 0.15) is 4.88 Å². The van der Waals surface area contributed by atoms with Gasteiger partial charge in [0.25, 0.3) is 0 Å². The summed E-state index contributed by atoms with van der Waals surface area (Å²) in [5.74, 6) is 0.499. The molecule has 1 aromatic carbocycles. The molecule has 2 nitrogen and oxygen atoms in total. The summed E-state index contributed by atoms with van der Waals surface area (Å²) in [6.45, 7) is 0.527. The number of furan rings is 1. The first-order chi connectivity index (χ1) is 8.26. The summed E-state index contributed by atoms with van der Waals surface area (Å²) in [6, 6.07) is 8.36. The smallest absolute Gasteiger partial charge is 0.136 e. The molecule has 0 bridgehead atoms. The average molecular weight is 247 g/mol. The van der Waals surface area contributed by atoms with Gasteiger partial charge < -0.3 is 10.2 Å². The molecule has 3 aromatic rings. The lowest BCUT2D eigenvalue weighted by atomic mass is 10.2. The Balaban J connectivity index is 2.11. The van der Waals surface area contributed by atoms with Crippen molar-refractivity contribution >= 4 is 22.3 Å². The molecule has 3 rings (SSSR count). The van der Waals surface area contributed by atoms with Gasteiger partial charge in [0.05, 0.1) is 0 Å². The number of hydrogen-bond acceptors (Lipinski definition) is 3. The van der Waals surface area contributed by atoms with E-state index in [1.54, 1.807) is 17.4 Å². The minimum absolute atomic E-state index is 0.252. The lowest BCUT2D eigenvalue weighted by Crippen LogP contribution is -1.91. The third-order valence-electron chi connectivity index (χ3n) is 2.62. The molecular formula is C13H10FNOS. The molecule has 0 radical (unpaired) electrons. The Morgan fingerprint density at radius 3 is 2.88 bits per heavy atom. The van der Waals surface area contributed by atoms with Crippen LogP contribution in [0.2, 0.25) is 0 Å². The third-order valence-corrected chi connectivity index (χ3v) is 3.58. The normalized spacial score (nSPS) is 11.2. The van der Waals surface area contributed by atoms with Gasteiger partial charge in [0.2, 0.25) is 0 Å². The number of hydrogen-bond donors (Lipinski definition) is 1. The fraction of sp³-hybridized carbons (Fsp3) is 0.0769. The minimum Gasteiger partial charge on any atom is -0.456 e. The molecule has 0 aliphatic heterocycles. The second-order valence-electron chi connectivity index (χ2n) is 3.80. The Morgan fingerprint density at radius 2 is 2.12 bits per heavy atom. The van der Waals surface area contributed by atoms with Gasteiger partial charge in [0.15, 0.2) is 0 Å². The first-order valence-electron chi connectivity index (χ1n) is 5.23. The predicted octanol–water partition coefficient (Wildman–Crippen LogP) is 3.76. The van der Waals surface area contributed by atoms with Crippen LogP contribution in [0.4, 0.5) is 4.39 Å². The highest BCUT2D eigenvalue weighted by Crippen LogP contribution is 2.31. The van der Waals surface area contributed by atoms with Gasteiger partial charge in [0, 0.05) is 27.8 Å². The zero-order valence-electron chi connectivity index (χ0n) is 8.94. The van der Waals surface area contributed by atoms with Crippen LogP contribution in [0.5, 0.6) is 0 Å². The molecular weight excluding hydrogens is 237 g/mol. The first kappa shape index (κ1) is 10.5. The summed E-state index contributed by atoms with van der Waals surface area (Å²) in [7, 11) is 0. The van der Waals surface area contributed by atoms with Crippen molar-refractivity contribution in [3.05, 3.63) is 46.4 Å². The SMILES string of the molecule is NCc1cc(-c2cc3cc(F)ccc3o2)cs1. The van der Waals surface area contributed by atoms with Crippen molar-refractivity contribution in [2.45, 2.75) is 6.54 Å². The molecule has 0 saturated carbocycles. The number of halogens is 1. The van der Waals surface area contributed by atoms with E-state index in [4.69, 9.17) is 10.2 Å². The fourth-order valence-electron chi connectivity index (χ4n) is 1.77. The van der Waals surface area contributed by atoms with E-state index in [-0.39, 0.29) is 5.82 Å². The molecule has 0 atom stereocenters. The Morgan fingerprint density at radius 1 is 1.24 bits per heavy atom. The van der Waals surface area contributed by atoms with Gasteiger partial charge in [-0.2, -0.15) is 0 Å². The molecule has 17 heavy (non-hydrogen) atoms. The summed E-state index contributed by atoms with van der Waals surface area (Å²) in [5.41, 5.74) is 7.26. The van der Waals surface area contributed by atoms with Crippen molar-refractivity contribution in [3.63, 3.8) is 0 Å². The molecule has 4 heteroatoms. The van der Waals surface area contributed by atoms with Crippen LogP contribution >= 0.6 is 11.3 Å². The van der Waals surface area contributed by atoms with Crippen molar-refractivity contribution in [3.8, 4) is 11.3 Å². The van der Waals surface area contributed by atoms with Gasteiger partial charge in [0.1, 0.15) is 17.2 Å². The largest absolute Gasteiger partial charge is 0.456 e. The quantitative estimate of drug-likeness (QED) is 0.748. The summed E-state index contributed by atoms with van der Waals surface area (Å²) in [4.78, 5) is 1.10. The van der Waals surface area contributed by atoms with Gasteiger partial charge in [-0.15, -0.1) is 11.3 Å². The lowest BCUT2D eigenvalue weighted by molar-refractivity contribution is 0.619. The molecule has 0 aliphatic carbocycles. The highest BCUT2D eigenvalue weighted by Gasteiger charge is 2.08. The van der Waals surface area contributed by atoms with Gasteiger partial charge >= 0.3 is 0 Å². The second kappa shape index (κ2) is 3.98. The standard InChI is InChI=1S/C13H10FNOS/c14-10-1-2-12-8(3-10)5-13(16-12)9-4-11(6-15)17-7-9/h1-5,7H,6,15H2. The average Bonchev–Trinajstić information content (AvgIpc) is 2.93.